The average molecular weight is 478 g/mol. The number of amides is 2. The summed E-state index contributed by atoms with van der Waals surface area (Å²) in [5.41, 5.74) is 0.754. The van der Waals surface area contributed by atoms with Gasteiger partial charge in [0.1, 0.15) is 11.4 Å². The van der Waals surface area contributed by atoms with Crippen molar-refractivity contribution in [3.05, 3.63) is 50.6 Å². The lowest BCUT2D eigenvalue weighted by atomic mass is 9.80. The zero-order chi connectivity index (χ0) is 20.4. The Morgan fingerprint density at radius 1 is 1.24 bits per heavy atom. The summed E-state index contributed by atoms with van der Waals surface area (Å²) >= 11 is 4.69. The van der Waals surface area contributed by atoms with Gasteiger partial charge in [-0.05, 0) is 54.0 Å². The highest BCUT2D eigenvalue weighted by molar-refractivity contribution is 9.11. The number of carbonyl (C=O) groups is 2. The summed E-state index contributed by atoms with van der Waals surface area (Å²) < 4.78 is 7.31. The second-order valence-electron chi connectivity index (χ2n) is 7.74. The maximum Gasteiger partial charge on any atom is 0.261 e. The zero-order valence-corrected chi connectivity index (χ0v) is 18.6. The minimum Gasteiger partial charge on any atom is -0.487 e. The molecule has 1 fully saturated rings. The Kier molecular flexibility index (Phi) is 5.94. The zero-order valence-electron chi connectivity index (χ0n) is 16.2. The van der Waals surface area contributed by atoms with Crippen LogP contribution in [0, 0.1) is 0 Å². The molecule has 1 unspecified atom stereocenters. The summed E-state index contributed by atoms with van der Waals surface area (Å²) in [6, 6.07) is 11.3. The van der Waals surface area contributed by atoms with Crippen LogP contribution in [-0.2, 0) is 4.79 Å². The molecular formula is C21H24BrN3O3S. The molecule has 3 heterocycles. The summed E-state index contributed by atoms with van der Waals surface area (Å²) in [7, 11) is 2.12. The normalized spacial score (nSPS) is 20.6. The molecule has 1 aromatic carbocycles. The van der Waals surface area contributed by atoms with Crippen LogP contribution in [0.25, 0.3) is 0 Å². The highest BCUT2D eigenvalue weighted by Gasteiger charge is 2.43. The maximum absolute atomic E-state index is 12.6. The van der Waals surface area contributed by atoms with Crippen LogP contribution in [0.2, 0.25) is 0 Å². The van der Waals surface area contributed by atoms with Gasteiger partial charge < -0.3 is 20.3 Å². The molecule has 0 radical (unpaired) electrons. The minimum absolute atomic E-state index is 0.0520. The van der Waals surface area contributed by atoms with E-state index in [0.717, 1.165) is 47.5 Å². The Hall–Kier alpha value is -1.90. The average Bonchev–Trinajstić information content (AvgIpc) is 3.15. The van der Waals surface area contributed by atoms with Crippen molar-refractivity contribution in [3.8, 4) is 5.75 Å². The summed E-state index contributed by atoms with van der Waals surface area (Å²) in [4.78, 5) is 27.7. The minimum atomic E-state index is -0.245. The van der Waals surface area contributed by atoms with E-state index in [1.165, 1.54) is 11.3 Å². The largest absolute Gasteiger partial charge is 0.487 e. The summed E-state index contributed by atoms with van der Waals surface area (Å²) in [5, 5.41) is 5.82. The molecule has 0 saturated carbocycles. The fourth-order valence-electron chi connectivity index (χ4n) is 4.01. The predicted octanol–water partition coefficient (Wildman–Crippen LogP) is 3.34. The predicted molar refractivity (Wildman–Crippen MR) is 116 cm³/mol. The third-order valence-corrected chi connectivity index (χ3v) is 7.26. The van der Waals surface area contributed by atoms with Gasteiger partial charge in [0.25, 0.3) is 5.91 Å². The van der Waals surface area contributed by atoms with E-state index in [0.29, 0.717) is 4.88 Å². The summed E-state index contributed by atoms with van der Waals surface area (Å²) in [6.45, 7) is 1.91. The molecule has 1 aromatic heterocycles. The number of fused-ring (bicyclic) bond motifs is 1. The van der Waals surface area contributed by atoms with E-state index < -0.39 is 0 Å². The summed E-state index contributed by atoms with van der Waals surface area (Å²) in [5.74, 6) is 0.412. The Labute approximate surface area is 182 Å². The van der Waals surface area contributed by atoms with E-state index >= 15 is 0 Å². The first kappa shape index (κ1) is 20.4. The van der Waals surface area contributed by atoms with Gasteiger partial charge in [-0.15, -0.1) is 11.3 Å². The maximum atomic E-state index is 12.6. The number of para-hydroxylation sites is 1. The summed E-state index contributed by atoms with van der Waals surface area (Å²) in [6.07, 6.45) is 2.62. The second-order valence-corrected chi connectivity index (χ2v) is 10.2. The lowest BCUT2D eigenvalue weighted by Crippen LogP contribution is -2.52. The highest BCUT2D eigenvalue weighted by Crippen LogP contribution is 2.44. The van der Waals surface area contributed by atoms with Gasteiger partial charge in [-0.25, -0.2) is 0 Å². The number of benzene rings is 1. The molecular weight excluding hydrogens is 454 g/mol. The second kappa shape index (κ2) is 8.45. The van der Waals surface area contributed by atoms with E-state index in [9.17, 15) is 9.59 Å². The molecule has 1 saturated heterocycles. The van der Waals surface area contributed by atoms with E-state index in [1.54, 1.807) is 6.07 Å². The van der Waals surface area contributed by atoms with Gasteiger partial charge in [0.15, 0.2) is 0 Å². The lowest BCUT2D eigenvalue weighted by molar-refractivity contribution is -0.121. The van der Waals surface area contributed by atoms with Gasteiger partial charge in [0.05, 0.1) is 21.3 Å². The monoisotopic (exact) mass is 477 g/mol. The van der Waals surface area contributed by atoms with Crippen LogP contribution < -0.4 is 15.4 Å². The standard InChI is InChI=1S/C21H24BrN3O3S/c1-25-10-8-21(9-11-25)12-15(14-4-2-3-5-16(14)28-21)24-19(26)13-23-20(27)17-6-7-18(22)29-17/h2-7,15H,8-13H2,1H3,(H,23,27)(H,24,26). The van der Waals surface area contributed by atoms with Crippen molar-refractivity contribution >= 4 is 39.1 Å². The van der Waals surface area contributed by atoms with Crippen molar-refractivity contribution in [1.82, 2.24) is 15.5 Å². The molecule has 1 spiro atoms. The molecule has 2 aliphatic heterocycles. The van der Waals surface area contributed by atoms with E-state index in [1.807, 2.05) is 30.3 Å². The van der Waals surface area contributed by atoms with Gasteiger partial charge in [0, 0.05) is 25.1 Å². The number of rotatable bonds is 4. The van der Waals surface area contributed by atoms with Crippen molar-refractivity contribution in [3.63, 3.8) is 0 Å². The molecule has 2 aromatic rings. The molecule has 2 aliphatic rings. The fraction of sp³-hybridized carbons (Fsp3) is 0.429. The Bertz CT molecular complexity index is 908. The Morgan fingerprint density at radius 3 is 2.72 bits per heavy atom. The number of likely N-dealkylation sites (tertiary alicyclic amines) is 1. The van der Waals surface area contributed by atoms with Crippen molar-refractivity contribution in [1.29, 1.82) is 0 Å². The number of hydrogen-bond donors (Lipinski definition) is 2. The number of ether oxygens (including phenoxy) is 1. The Morgan fingerprint density at radius 2 is 2.00 bits per heavy atom. The Balaban J connectivity index is 1.42. The van der Waals surface area contributed by atoms with Crippen molar-refractivity contribution in [2.45, 2.75) is 30.9 Å². The quantitative estimate of drug-likeness (QED) is 0.708. The third-order valence-electron chi connectivity index (χ3n) is 5.64. The topological polar surface area (TPSA) is 70.7 Å². The molecule has 8 heteroatoms. The van der Waals surface area contributed by atoms with Crippen LogP contribution in [0.1, 0.15) is 40.5 Å². The molecule has 0 aliphatic carbocycles. The van der Waals surface area contributed by atoms with Crippen LogP contribution in [0.5, 0.6) is 5.75 Å². The number of piperidine rings is 1. The molecule has 154 valence electrons. The van der Waals surface area contributed by atoms with E-state index in [2.05, 4.69) is 38.5 Å². The molecule has 6 nitrogen and oxygen atoms in total. The van der Waals surface area contributed by atoms with Crippen molar-refractivity contribution < 1.29 is 14.3 Å². The number of nitrogens with zero attached hydrogens (tertiary/aromatic N) is 1. The number of halogens is 1. The first-order valence-electron chi connectivity index (χ1n) is 9.73. The van der Waals surface area contributed by atoms with Crippen LogP contribution in [0.15, 0.2) is 40.2 Å². The van der Waals surface area contributed by atoms with Gasteiger partial charge in [-0.1, -0.05) is 18.2 Å². The molecule has 2 N–H and O–H groups in total. The first-order valence-corrected chi connectivity index (χ1v) is 11.3. The van der Waals surface area contributed by atoms with Gasteiger partial charge in [-0.2, -0.15) is 0 Å². The van der Waals surface area contributed by atoms with Crippen LogP contribution in [0.3, 0.4) is 0 Å². The fourth-order valence-corrected chi connectivity index (χ4v) is 5.31. The van der Waals surface area contributed by atoms with Crippen LogP contribution in [-0.4, -0.2) is 49.0 Å². The third kappa shape index (κ3) is 4.65. The molecule has 29 heavy (non-hydrogen) atoms. The number of carbonyl (C=O) groups excluding carboxylic acids is 2. The first-order chi connectivity index (χ1) is 13.9. The van der Waals surface area contributed by atoms with E-state index in [-0.39, 0.29) is 30.0 Å². The van der Waals surface area contributed by atoms with Crippen molar-refractivity contribution in [2.24, 2.45) is 0 Å². The van der Waals surface area contributed by atoms with Crippen molar-refractivity contribution in [2.75, 3.05) is 26.7 Å². The van der Waals surface area contributed by atoms with Gasteiger partial charge in [-0.3, -0.25) is 9.59 Å². The number of thiophene rings is 1. The van der Waals surface area contributed by atoms with E-state index in [4.69, 9.17) is 4.74 Å². The highest BCUT2D eigenvalue weighted by atomic mass is 79.9. The number of hydrogen-bond acceptors (Lipinski definition) is 5. The molecule has 0 bridgehead atoms. The van der Waals surface area contributed by atoms with Gasteiger partial charge in [0.2, 0.25) is 5.91 Å². The molecule has 4 rings (SSSR count). The lowest BCUT2D eigenvalue weighted by Gasteiger charge is -2.46. The molecule has 2 amide bonds. The van der Waals surface area contributed by atoms with Crippen LogP contribution in [0.4, 0.5) is 0 Å². The molecule has 1 atom stereocenters. The van der Waals surface area contributed by atoms with Gasteiger partial charge >= 0.3 is 0 Å². The van der Waals surface area contributed by atoms with Crippen LogP contribution >= 0.6 is 27.3 Å². The number of nitrogens with one attached hydrogen (secondary N) is 2. The SMILES string of the molecule is CN1CCC2(CC1)CC(NC(=O)CNC(=O)c1ccc(Br)s1)c1ccccc1O2. The smallest absolute Gasteiger partial charge is 0.261 e.